The van der Waals surface area contributed by atoms with Gasteiger partial charge in [-0.1, -0.05) is 13.8 Å². The average Bonchev–Trinajstić information content (AvgIpc) is 2.93. The molecule has 3 rings (SSSR count). The molecule has 24 heavy (non-hydrogen) atoms. The number of fused-ring (bicyclic) bond motifs is 1. The van der Waals surface area contributed by atoms with Crippen LogP contribution in [0.25, 0.3) is 0 Å². The van der Waals surface area contributed by atoms with E-state index in [2.05, 4.69) is 59.6 Å². The lowest BCUT2D eigenvalue weighted by atomic mass is 9.65. The number of hydrogen-bond acceptors (Lipinski definition) is 3. The first-order valence-electron chi connectivity index (χ1n) is 8.84. The maximum Gasteiger partial charge on any atom is 0.194 e. The molecule has 3 heterocycles. The molecule has 0 bridgehead atoms. The molecule has 1 aromatic heterocycles. The summed E-state index contributed by atoms with van der Waals surface area (Å²) in [5.41, 5.74) is 0.412. The molecule has 1 fully saturated rings. The first kappa shape index (κ1) is 19.5. The number of aryl methyl sites for hydroxylation is 1. The molecule has 0 amide bonds. The van der Waals surface area contributed by atoms with Crippen molar-refractivity contribution in [2.45, 2.75) is 72.5 Å². The molecule has 7 heteroatoms. The summed E-state index contributed by atoms with van der Waals surface area (Å²) >= 11 is 0. The summed E-state index contributed by atoms with van der Waals surface area (Å²) in [5.74, 6) is 3.11. The maximum absolute atomic E-state index is 4.86. The zero-order chi connectivity index (χ0) is 16.7. The van der Waals surface area contributed by atoms with Crippen molar-refractivity contribution < 1.29 is 0 Å². The van der Waals surface area contributed by atoms with E-state index in [4.69, 9.17) is 4.99 Å². The zero-order valence-electron chi connectivity index (χ0n) is 15.6. The van der Waals surface area contributed by atoms with Crippen LogP contribution in [0.15, 0.2) is 4.99 Å². The summed E-state index contributed by atoms with van der Waals surface area (Å²) in [7, 11) is 0. The topological polar surface area (TPSA) is 58.3 Å². The SMILES string of the molecule is CCNC(=NCc1nnc2n1CCCC2)N1CC(C)(C)C1(C)C.I. The van der Waals surface area contributed by atoms with Gasteiger partial charge in [-0.05, 0) is 33.6 Å². The predicted molar refractivity (Wildman–Crippen MR) is 108 cm³/mol. The summed E-state index contributed by atoms with van der Waals surface area (Å²) in [5, 5.41) is 12.1. The highest BCUT2D eigenvalue weighted by molar-refractivity contribution is 14.0. The van der Waals surface area contributed by atoms with Crippen molar-refractivity contribution in [3.05, 3.63) is 11.6 Å². The quantitative estimate of drug-likeness (QED) is 0.441. The van der Waals surface area contributed by atoms with Crippen LogP contribution in [-0.2, 0) is 19.5 Å². The molecule has 0 spiro atoms. The lowest BCUT2D eigenvalue weighted by molar-refractivity contribution is -0.0668. The van der Waals surface area contributed by atoms with Crippen molar-refractivity contribution in [3.63, 3.8) is 0 Å². The van der Waals surface area contributed by atoms with Gasteiger partial charge < -0.3 is 14.8 Å². The van der Waals surface area contributed by atoms with Crippen LogP contribution in [0, 0.1) is 5.41 Å². The molecule has 2 aliphatic rings. The number of aromatic nitrogens is 3. The standard InChI is InChI=1S/C17H30N6.HI/c1-6-18-15(23-12-16(2,3)17(23,4)5)19-11-14-21-20-13-9-7-8-10-22(13)14;/h6-12H2,1-5H3,(H,18,19);1H. The van der Waals surface area contributed by atoms with Crippen molar-refractivity contribution in [2.24, 2.45) is 10.4 Å². The highest BCUT2D eigenvalue weighted by Gasteiger charge is 2.53. The molecule has 2 aliphatic heterocycles. The molecule has 0 saturated carbocycles. The van der Waals surface area contributed by atoms with Crippen LogP contribution in [0.1, 0.15) is 59.1 Å². The third kappa shape index (κ3) is 3.28. The second kappa shape index (κ2) is 7.17. The molecule has 1 saturated heterocycles. The first-order valence-corrected chi connectivity index (χ1v) is 8.84. The molecule has 0 atom stereocenters. The van der Waals surface area contributed by atoms with Crippen molar-refractivity contribution in [2.75, 3.05) is 13.1 Å². The molecule has 0 aliphatic carbocycles. The monoisotopic (exact) mass is 446 g/mol. The number of guanidine groups is 1. The summed E-state index contributed by atoms with van der Waals surface area (Å²) in [4.78, 5) is 7.23. The summed E-state index contributed by atoms with van der Waals surface area (Å²) in [6, 6.07) is 0. The molecular weight excluding hydrogens is 415 g/mol. The van der Waals surface area contributed by atoms with Gasteiger partial charge in [0.05, 0.1) is 0 Å². The molecule has 0 aromatic carbocycles. The Morgan fingerprint density at radius 1 is 1.21 bits per heavy atom. The van der Waals surface area contributed by atoms with Crippen molar-refractivity contribution in [1.82, 2.24) is 25.0 Å². The Morgan fingerprint density at radius 2 is 1.96 bits per heavy atom. The minimum absolute atomic E-state index is 0. The van der Waals surface area contributed by atoms with E-state index in [0.29, 0.717) is 12.0 Å². The van der Waals surface area contributed by atoms with Gasteiger partial charge in [0.15, 0.2) is 11.8 Å². The number of halogens is 1. The van der Waals surface area contributed by atoms with Crippen LogP contribution >= 0.6 is 24.0 Å². The Kier molecular flexibility index (Phi) is 5.82. The van der Waals surface area contributed by atoms with Crippen molar-refractivity contribution in [3.8, 4) is 0 Å². The zero-order valence-corrected chi connectivity index (χ0v) is 17.9. The van der Waals surface area contributed by atoms with E-state index in [1.165, 1.54) is 12.8 Å². The fraction of sp³-hybridized carbons (Fsp3) is 0.824. The lowest BCUT2D eigenvalue weighted by Crippen LogP contribution is -2.72. The van der Waals surface area contributed by atoms with Gasteiger partial charge in [0, 0.05) is 37.0 Å². The van der Waals surface area contributed by atoms with Gasteiger partial charge in [0.25, 0.3) is 0 Å². The van der Waals surface area contributed by atoms with E-state index in [0.717, 1.165) is 43.7 Å². The fourth-order valence-corrected chi connectivity index (χ4v) is 3.43. The van der Waals surface area contributed by atoms with Gasteiger partial charge in [-0.25, -0.2) is 4.99 Å². The molecule has 0 unspecified atom stereocenters. The minimum Gasteiger partial charge on any atom is -0.356 e. The summed E-state index contributed by atoms with van der Waals surface area (Å²) < 4.78 is 2.25. The lowest BCUT2D eigenvalue weighted by Gasteiger charge is -2.62. The molecule has 1 N–H and O–H groups in total. The Balaban J connectivity index is 0.00000208. The van der Waals surface area contributed by atoms with E-state index in [9.17, 15) is 0 Å². The smallest absolute Gasteiger partial charge is 0.194 e. The van der Waals surface area contributed by atoms with Gasteiger partial charge in [0.2, 0.25) is 0 Å². The van der Waals surface area contributed by atoms with Crippen LogP contribution in [0.3, 0.4) is 0 Å². The highest BCUT2D eigenvalue weighted by Crippen LogP contribution is 2.46. The number of hydrogen-bond donors (Lipinski definition) is 1. The Morgan fingerprint density at radius 3 is 2.58 bits per heavy atom. The van der Waals surface area contributed by atoms with Gasteiger partial charge in [-0.3, -0.25) is 0 Å². The Bertz CT molecular complexity index is 604. The number of rotatable bonds is 3. The van der Waals surface area contributed by atoms with E-state index < -0.39 is 0 Å². The molecule has 6 nitrogen and oxygen atoms in total. The second-order valence-electron chi connectivity index (χ2n) is 7.84. The van der Waals surface area contributed by atoms with E-state index in [1.807, 2.05) is 0 Å². The molecule has 136 valence electrons. The first-order chi connectivity index (χ1) is 10.9. The van der Waals surface area contributed by atoms with Crippen LogP contribution in [0.2, 0.25) is 0 Å². The van der Waals surface area contributed by atoms with Crippen molar-refractivity contribution in [1.29, 1.82) is 0 Å². The third-order valence-corrected chi connectivity index (χ3v) is 5.78. The van der Waals surface area contributed by atoms with Gasteiger partial charge in [0.1, 0.15) is 12.4 Å². The maximum atomic E-state index is 4.86. The average molecular weight is 446 g/mol. The van der Waals surface area contributed by atoms with Crippen LogP contribution in [0.4, 0.5) is 0 Å². The molecule has 1 aromatic rings. The van der Waals surface area contributed by atoms with Crippen LogP contribution in [-0.4, -0.2) is 44.3 Å². The number of aliphatic imine (C=N–C) groups is 1. The van der Waals surface area contributed by atoms with Crippen LogP contribution < -0.4 is 5.32 Å². The van der Waals surface area contributed by atoms with E-state index in [-0.39, 0.29) is 29.5 Å². The van der Waals surface area contributed by atoms with Crippen molar-refractivity contribution >= 4 is 29.9 Å². The normalized spacial score (nSPS) is 21.5. The largest absolute Gasteiger partial charge is 0.356 e. The van der Waals surface area contributed by atoms with Crippen LogP contribution in [0.5, 0.6) is 0 Å². The molecular formula is C17H31IN6. The van der Waals surface area contributed by atoms with Gasteiger partial charge >= 0.3 is 0 Å². The number of likely N-dealkylation sites (tertiary alicyclic amines) is 1. The summed E-state index contributed by atoms with van der Waals surface area (Å²) in [6.07, 6.45) is 3.49. The fourth-order valence-electron chi connectivity index (χ4n) is 3.43. The Labute approximate surface area is 162 Å². The summed E-state index contributed by atoms with van der Waals surface area (Å²) in [6.45, 7) is 14.9. The predicted octanol–water partition coefficient (Wildman–Crippen LogP) is 2.82. The Hall–Kier alpha value is -0.860. The van der Waals surface area contributed by atoms with Gasteiger partial charge in [-0.15, -0.1) is 34.2 Å². The molecule has 0 radical (unpaired) electrons. The number of nitrogens with one attached hydrogen (secondary N) is 1. The second-order valence-corrected chi connectivity index (χ2v) is 7.84. The highest BCUT2D eigenvalue weighted by atomic mass is 127. The third-order valence-electron chi connectivity index (χ3n) is 5.78. The van der Waals surface area contributed by atoms with Gasteiger partial charge in [-0.2, -0.15) is 0 Å². The number of nitrogens with zero attached hydrogens (tertiary/aromatic N) is 5. The minimum atomic E-state index is 0. The van der Waals surface area contributed by atoms with E-state index in [1.54, 1.807) is 0 Å². The van der Waals surface area contributed by atoms with E-state index >= 15 is 0 Å².